The van der Waals surface area contributed by atoms with Crippen molar-refractivity contribution in [3.8, 4) is 0 Å². The summed E-state index contributed by atoms with van der Waals surface area (Å²) in [7, 11) is 0. The molecule has 0 saturated carbocycles. The highest BCUT2D eigenvalue weighted by Crippen LogP contribution is 2.36. The summed E-state index contributed by atoms with van der Waals surface area (Å²) in [5, 5.41) is 4.63. The Kier molecular flexibility index (Phi) is 6.96. The molecule has 27 heavy (non-hydrogen) atoms. The molecule has 146 valence electrons. The van der Waals surface area contributed by atoms with E-state index in [1.165, 1.54) is 6.07 Å². The van der Waals surface area contributed by atoms with Crippen LogP contribution in [0.2, 0.25) is 5.02 Å². The predicted molar refractivity (Wildman–Crippen MR) is 103 cm³/mol. The van der Waals surface area contributed by atoms with Crippen molar-refractivity contribution < 1.29 is 18.0 Å². The molecule has 0 unspecified atom stereocenters. The van der Waals surface area contributed by atoms with Crippen molar-refractivity contribution in [2.24, 2.45) is 0 Å². The molecule has 0 radical (unpaired) electrons. The second-order valence-corrected chi connectivity index (χ2v) is 6.40. The number of likely N-dealkylation sites (N-methyl/N-ethyl adjacent to an activating group) is 1. The third-order valence-corrected chi connectivity index (χ3v) is 4.28. The van der Waals surface area contributed by atoms with E-state index in [1.807, 2.05) is 32.0 Å². The number of anilines is 2. The largest absolute Gasteiger partial charge is 0.417 e. The maximum absolute atomic E-state index is 12.9. The summed E-state index contributed by atoms with van der Waals surface area (Å²) in [6.07, 6.45) is -4.58. The van der Waals surface area contributed by atoms with E-state index in [4.69, 9.17) is 11.6 Å². The van der Waals surface area contributed by atoms with E-state index in [1.54, 1.807) is 0 Å². The molecule has 0 heterocycles. The van der Waals surface area contributed by atoms with Gasteiger partial charge in [0, 0.05) is 31.0 Å². The van der Waals surface area contributed by atoms with Gasteiger partial charge in [-0.25, -0.2) is 4.79 Å². The normalized spacial score (nSPS) is 11.2. The minimum Gasteiger partial charge on any atom is -0.370 e. The van der Waals surface area contributed by atoms with Crippen molar-refractivity contribution in [1.82, 2.24) is 5.32 Å². The fraction of sp³-hybridized carbons (Fsp3) is 0.316. The summed E-state index contributed by atoms with van der Waals surface area (Å²) in [6.45, 7) is 5.69. The Bertz CT molecular complexity index is 796. The van der Waals surface area contributed by atoms with Crippen molar-refractivity contribution in [2.75, 3.05) is 29.9 Å². The lowest BCUT2D eigenvalue weighted by molar-refractivity contribution is -0.137. The van der Waals surface area contributed by atoms with Gasteiger partial charge in [0.2, 0.25) is 0 Å². The van der Waals surface area contributed by atoms with E-state index in [9.17, 15) is 18.0 Å². The second-order valence-electron chi connectivity index (χ2n) is 5.99. The first-order valence-electron chi connectivity index (χ1n) is 8.44. The van der Waals surface area contributed by atoms with Crippen molar-refractivity contribution in [1.29, 1.82) is 0 Å². The molecule has 0 spiro atoms. The van der Waals surface area contributed by atoms with Crippen LogP contribution in [-0.2, 0) is 6.18 Å². The molecule has 2 N–H and O–H groups in total. The van der Waals surface area contributed by atoms with Gasteiger partial charge in [-0.2, -0.15) is 13.2 Å². The molecule has 0 bridgehead atoms. The molecule has 8 heteroatoms. The molecule has 0 aromatic heterocycles. The smallest absolute Gasteiger partial charge is 0.370 e. The Morgan fingerprint density at radius 2 is 1.93 bits per heavy atom. The summed E-state index contributed by atoms with van der Waals surface area (Å²) in [5.41, 5.74) is 1.22. The predicted octanol–water partition coefficient (Wildman–Crippen LogP) is 5.32. The number of aryl methyl sites for hydroxylation is 1. The fourth-order valence-corrected chi connectivity index (χ4v) is 2.82. The fourth-order valence-electron chi connectivity index (χ4n) is 2.59. The van der Waals surface area contributed by atoms with Crippen molar-refractivity contribution >= 4 is 29.0 Å². The molecule has 0 aliphatic rings. The van der Waals surface area contributed by atoms with Crippen LogP contribution in [0.25, 0.3) is 0 Å². The number of benzene rings is 2. The molecule has 2 aromatic carbocycles. The number of amides is 2. The van der Waals surface area contributed by atoms with Crippen LogP contribution in [0.4, 0.5) is 29.3 Å². The summed E-state index contributed by atoms with van der Waals surface area (Å²) >= 11 is 5.57. The molecule has 0 aliphatic heterocycles. The third-order valence-electron chi connectivity index (χ3n) is 3.95. The van der Waals surface area contributed by atoms with Crippen LogP contribution in [0, 0.1) is 6.92 Å². The maximum Gasteiger partial charge on any atom is 0.417 e. The number of hydrogen-bond acceptors (Lipinski definition) is 2. The Hall–Kier alpha value is -2.41. The van der Waals surface area contributed by atoms with Crippen LogP contribution >= 0.6 is 11.6 Å². The average Bonchev–Trinajstić information content (AvgIpc) is 2.59. The highest BCUT2D eigenvalue weighted by Gasteiger charge is 2.33. The van der Waals surface area contributed by atoms with Crippen LogP contribution in [-0.4, -0.2) is 25.7 Å². The van der Waals surface area contributed by atoms with Gasteiger partial charge in [0.05, 0.1) is 10.6 Å². The lowest BCUT2D eigenvalue weighted by Gasteiger charge is -2.23. The van der Waals surface area contributed by atoms with Gasteiger partial charge in [0.1, 0.15) is 0 Å². The molecule has 2 amide bonds. The SMILES string of the molecule is CCN(CCNC(=O)Nc1ccc(Cl)c(C(F)(F)F)c1)c1cccc(C)c1. The van der Waals surface area contributed by atoms with Gasteiger partial charge in [-0.15, -0.1) is 0 Å². The molecule has 0 aliphatic carbocycles. The molecule has 2 rings (SSSR count). The van der Waals surface area contributed by atoms with E-state index >= 15 is 0 Å². The van der Waals surface area contributed by atoms with E-state index < -0.39 is 22.8 Å². The van der Waals surface area contributed by atoms with Gasteiger partial charge in [0.15, 0.2) is 0 Å². The number of urea groups is 1. The molecular weight excluding hydrogens is 379 g/mol. The number of carbonyl (C=O) groups is 1. The minimum absolute atomic E-state index is 0.0234. The van der Waals surface area contributed by atoms with Gasteiger partial charge in [-0.1, -0.05) is 23.7 Å². The van der Waals surface area contributed by atoms with E-state index in [2.05, 4.69) is 21.6 Å². The number of hydrogen-bond donors (Lipinski definition) is 2. The zero-order valence-corrected chi connectivity index (χ0v) is 15.8. The zero-order chi connectivity index (χ0) is 20.0. The monoisotopic (exact) mass is 399 g/mol. The Morgan fingerprint density at radius 3 is 2.56 bits per heavy atom. The first-order chi connectivity index (χ1) is 12.7. The van der Waals surface area contributed by atoms with E-state index in [0.29, 0.717) is 13.1 Å². The standard InChI is InChI=1S/C19H21ClF3N3O/c1-3-26(15-6-4-5-13(2)11-15)10-9-24-18(27)25-14-7-8-17(20)16(12-14)19(21,22)23/h4-8,11-12H,3,9-10H2,1-2H3,(H2,24,25,27). The Labute approximate surface area is 161 Å². The van der Waals surface area contributed by atoms with Crippen LogP contribution in [0.15, 0.2) is 42.5 Å². The molecule has 4 nitrogen and oxygen atoms in total. The Balaban J connectivity index is 1.91. The summed E-state index contributed by atoms with van der Waals surface area (Å²) in [6, 6.07) is 10.7. The van der Waals surface area contributed by atoms with E-state index in [-0.39, 0.29) is 5.69 Å². The van der Waals surface area contributed by atoms with Gasteiger partial charge in [-0.05, 0) is 49.7 Å². The highest BCUT2D eigenvalue weighted by atomic mass is 35.5. The number of rotatable bonds is 6. The first kappa shape index (κ1) is 20.9. The molecule has 2 aromatic rings. The van der Waals surface area contributed by atoms with Crippen LogP contribution in [0.3, 0.4) is 0 Å². The number of alkyl halides is 3. The van der Waals surface area contributed by atoms with Gasteiger partial charge >= 0.3 is 12.2 Å². The molecule has 0 saturated heterocycles. The van der Waals surface area contributed by atoms with Crippen molar-refractivity contribution in [3.05, 3.63) is 58.6 Å². The minimum atomic E-state index is -4.58. The quantitative estimate of drug-likeness (QED) is 0.690. The van der Waals surface area contributed by atoms with Gasteiger partial charge < -0.3 is 15.5 Å². The number of nitrogens with zero attached hydrogens (tertiary/aromatic N) is 1. The maximum atomic E-state index is 12.9. The van der Waals surface area contributed by atoms with Crippen LogP contribution in [0.5, 0.6) is 0 Å². The first-order valence-corrected chi connectivity index (χ1v) is 8.81. The van der Waals surface area contributed by atoms with Gasteiger partial charge in [0.25, 0.3) is 0 Å². The lowest BCUT2D eigenvalue weighted by atomic mass is 10.2. The molecular formula is C19H21ClF3N3O. The summed E-state index contributed by atoms with van der Waals surface area (Å²) in [4.78, 5) is 14.1. The average molecular weight is 400 g/mol. The van der Waals surface area contributed by atoms with Crippen molar-refractivity contribution in [3.63, 3.8) is 0 Å². The number of nitrogens with one attached hydrogen (secondary N) is 2. The lowest BCUT2D eigenvalue weighted by Crippen LogP contribution is -2.37. The molecule has 0 atom stereocenters. The second kappa shape index (κ2) is 8.99. The van der Waals surface area contributed by atoms with Crippen LogP contribution in [0.1, 0.15) is 18.1 Å². The number of carbonyl (C=O) groups excluding carboxylic acids is 1. The van der Waals surface area contributed by atoms with Gasteiger partial charge in [-0.3, -0.25) is 0 Å². The molecule has 0 fully saturated rings. The van der Waals surface area contributed by atoms with Crippen molar-refractivity contribution in [2.45, 2.75) is 20.0 Å². The topological polar surface area (TPSA) is 44.4 Å². The van der Waals surface area contributed by atoms with E-state index in [0.717, 1.165) is 29.9 Å². The summed E-state index contributed by atoms with van der Waals surface area (Å²) in [5.74, 6) is 0. The third kappa shape index (κ3) is 6.06. The van der Waals surface area contributed by atoms with Crippen LogP contribution < -0.4 is 15.5 Å². The Morgan fingerprint density at radius 1 is 1.19 bits per heavy atom. The number of halogens is 4. The highest BCUT2D eigenvalue weighted by molar-refractivity contribution is 6.31. The zero-order valence-electron chi connectivity index (χ0n) is 15.0. The summed E-state index contributed by atoms with van der Waals surface area (Å²) < 4.78 is 38.6.